The fourth-order valence-electron chi connectivity index (χ4n) is 3.19. The second-order valence-electron chi connectivity index (χ2n) is 5.51. The summed E-state index contributed by atoms with van der Waals surface area (Å²) < 4.78 is 0. The van der Waals surface area contributed by atoms with E-state index in [1.807, 2.05) is 0 Å². The molecule has 0 amide bonds. The summed E-state index contributed by atoms with van der Waals surface area (Å²) in [6, 6.07) is 1.81. The molecular weight excluding hydrogens is 230 g/mol. The summed E-state index contributed by atoms with van der Waals surface area (Å²) in [6.45, 7) is 0. The Kier molecular flexibility index (Phi) is 2.69. The van der Waals surface area contributed by atoms with Gasteiger partial charge in [-0.1, -0.05) is 6.42 Å². The van der Waals surface area contributed by atoms with Crippen LogP contribution in [0, 0.1) is 5.41 Å². The predicted octanol–water partition coefficient (Wildman–Crippen LogP) is 2.31. The molecule has 1 atom stereocenters. The van der Waals surface area contributed by atoms with Crippen LogP contribution in [0.1, 0.15) is 49.0 Å². The van der Waals surface area contributed by atoms with E-state index in [0.717, 1.165) is 6.42 Å². The zero-order valence-electron chi connectivity index (χ0n) is 10.2. The third-order valence-electron chi connectivity index (χ3n) is 4.32. The standard InChI is InChI=1S/C13H17N3O2/c17-11(18)10-3-7-14-12(16-10)15-9-2-6-13(8-9)4-1-5-13/h3,7,9H,1-2,4-6,8H2,(H,17,18)(H,14,15,16). The fraction of sp³-hybridized carbons (Fsp3) is 0.615. The van der Waals surface area contributed by atoms with Crippen LogP contribution in [0.5, 0.6) is 0 Å². The van der Waals surface area contributed by atoms with Gasteiger partial charge in [0.25, 0.3) is 0 Å². The van der Waals surface area contributed by atoms with Crippen LogP contribution in [-0.2, 0) is 0 Å². The summed E-state index contributed by atoms with van der Waals surface area (Å²) in [7, 11) is 0. The van der Waals surface area contributed by atoms with Gasteiger partial charge in [0.05, 0.1) is 0 Å². The van der Waals surface area contributed by atoms with E-state index in [4.69, 9.17) is 5.11 Å². The van der Waals surface area contributed by atoms with Crippen LogP contribution in [0.3, 0.4) is 0 Å². The first-order valence-electron chi connectivity index (χ1n) is 6.50. The average Bonchev–Trinajstić information content (AvgIpc) is 2.73. The Bertz CT molecular complexity index is 471. The molecule has 2 aliphatic rings. The Hall–Kier alpha value is -1.65. The number of aromatic nitrogens is 2. The Morgan fingerprint density at radius 2 is 2.28 bits per heavy atom. The zero-order chi connectivity index (χ0) is 12.6. The monoisotopic (exact) mass is 247 g/mol. The molecule has 0 aliphatic heterocycles. The lowest BCUT2D eigenvalue weighted by Gasteiger charge is -2.38. The van der Waals surface area contributed by atoms with E-state index in [2.05, 4.69) is 15.3 Å². The van der Waals surface area contributed by atoms with Crippen LogP contribution in [-0.4, -0.2) is 27.1 Å². The van der Waals surface area contributed by atoms with E-state index in [-0.39, 0.29) is 5.69 Å². The molecule has 2 aliphatic carbocycles. The first-order chi connectivity index (χ1) is 8.67. The minimum Gasteiger partial charge on any atom is -0.477 e. The Balaban J connectivity index is 1.66. The van der Waals surface area contributed by atoms with Crippen LogP contribution in [0.15, 0.2) is 12.3 Å². The SMILES string of the molecule is O=C(O)c1ccnc(NC2CCC3(CCC3)C2)n1. The van der Waals surface area contributed by atoms with Crippen LogP contribution < -0.4 is 5.32 Å². The van der Waals surface area contributed by atoms with Gasteiger partial charge in [-0.05, 0) is 43.6 Å². The Labute approximate surface area is 106 Å². The molecule has 0 radical (unpaired) electrons. The summed E-state index contributed by atoms with van der Waals surface area (Å²) in [5, 5.41) is 12.2. The van der Waals surface area contributed by atoms with E-state index in [1.165, 1.54) is 44.4 Å². The quantitative estimate of drug-likeness (QED) is 0.857. The summed E-state index contributed by atoms with van der Waals surface area (Å²) in [6.07, 6.45) is 9.14. The van der Waals surface area contributed by atoms with Gasteiger partial charge in [0.2, 0.25) is 5.95 Å². The minimum atomic E-state index is -1.01. The van der Waals surface area contributed by atoms with E-state index in [0.29, 0.717) is 17.4 Å². The summed E-state index contributed by atoms with van der Waals surface area (Å²) >= 11 is 0. The molecule has 2 saturated carbocycles. The van der Waals surface area contributed by atoms with Gasteiger partial charge >= 0.3 is 5.97 Å². The topological polar surface area (TPSA) is 75.1 Å². The number of carboxylic acids is 1. The van der Waals surface area contributed by atoms with Crippen molar-refractivity contribution in [1.29, 1.82) is 0 Å². The maximum Gasteiger partial charge on any atom is 0.354 e. The summed E-state index contributed by atoms with van der Waals surface area (Å²) in [5.41, 5.74) is 0.617. The summed E-state index contributed by atoms with van der Waals surface area (Å²) in [4.78, 5) is 18.9. The van der Waals surface area contributed by atoms with Crippen LogP contribution >= 0.6 is 0 Å². The van der Waals surface area contributed by atoms with Crippen LogP contribution in [0.25, 0.3) is 0 Å². The lowest BCUT2D eigenvalue weighted by atomic mass is 9.67. The van der Waals surface area contributed by atoms with E-state index < -0.39 is 5.97 Å². The zero-order valence-corrected chi connectivity index (χ0v) is 10.2. The molecule has 18 heavy (non-hydrogen) atoms. The van der Waals surface area contributed by atoms with Gasteiger partial charge in [0.15, 0.2) is 5.69 Å². The third kappa shape index (κ3) is 2.05. The van der Waals surface area contributed by atoms with Crippen molar-refractivity contribution in [2.75, 3.05) is 5.32 Å². The highest BCUT2D eigenvalue weighted by Gasteiger charge is 2.43. The number of aromatic carboxylic acids is 1. The first kappa shape index (κ1) is 11.4. The molecular formula is C13H17N3O2. The molecule has 0 bridgehead atoms. The number of rotatable bonds is 3. The molecule has 0 saturated heterocycles. The van der Waals surface area contributed by atoms with Gasteiger partial charge in [-0.25, -0.2) is 14.8 Å². The number of anilines is 1. The first-order valence-corrected chi connectivity index (χ1v) is 6.50. The fourth-order valence-corrected chi connectivity index (χ4v) is 3.19. The Morgan fingerprint density at radius 3 is 2.89 bits per heavy atom. The van der Waals surface area contributed by atoms with Gasteiger partial charge in [-0.2, -0.15) is 0 Å². The predicted molar refractivity (Wildman–Crippen MR) is 66.5 cm³/mol. The van der Waals surface area contributed by atoms with Crippen molar-refractivity contribution in [3.8, 4) is 0 Å². The van der Waals surface area contributed by atoms with E-state index >= 15 is 0 Å². The second kappa shape index (κ2) is 4.23. The molecule has 0 aromatic carbocycles. The number of nitrogens with one attached hydrogen (secondary N) is 1. The Morgan fingerprint density at radius 1 is 1.44 bits per heavy atom. The molecule has 1 aromatic heterocycles. The molecule has 96 valence electrons. The van der Waals surface area contributed by atoms with Crippen molar-refractivity contribution in [2.45, 2.75) is 44.6 Å². The number of carboxylic acid groups (broad SMARTS) is 1. The maximum absolute atomic E-state index is 10.8. The lowest BCUT2D eigenvalue weighted by molar-refractivity contribution is 0.0690. The largest absolute Gasteiger partial charge is 0.477 e. The molecule has 5 heteroatoms. The highest BCUT2D eigenvalue weighted by atomic mass is 16.4. The highest BCUT2D eigenvalue weighted by molar-refractivity contribution is 5.85. The molecule has 1 spiro atoms. The molecule has 1 aromatic rings. The summed E-state index contributed by atoms with van der Waals surface area (Å²) in [5.74, 6) is -0.571. The van der Waals surface area contributed by atoms with Gasteiger partial charge in [0, 0.05) is 12.2 Å². The third-order valence-corrected chi connectivity index (χ3v) is 4.32. The van der Waals surface area contributed by atoms with Crippen molar-refractivity contribution >= 4 is 11.9 Å². The smallest absolute Gasteiger partial charge is 0.354 e. The van der Waals surface area contributed by atoms with Crippen molar-refractivity contribution in [3.63, 3.8) is 0 Å². The number of hydrogen-bond donors (Lipinski definition) is 2. The van der Waals surface area contributed by atoms with Crippen molar-refractivity contribution in [1.82, 2.24) is 9.97 Å². The van der Waals surface area contributed by atoms with Crippen LogP contribution in [0.4, 0.5) is 5.95 Å². The molecule has 5 nitrogen and oxygen atoms in total. The molecule has 1 heterocycles. The van der Waals surface area contributed by atoms with E-state index in [9.17, 15) is 4.79 Å². The molecule has 3 rings (SSSR count). The molecule has 1 unspecified atom stereocenters. The second-order valence-corrected chi connectivity index (χ2v) is 5.51. The average molecular weight is 247 g/mol. The van der Waals surface area contributed by atoms with Gasteiger partial charge < -0.3 is 10.4 Å². The molecule has 2 N–H and O–H groups in total. The van der Waals surface area contributed by atoms with Gasteiger partial charge in [0.1, 0.15) is 0 Å². The highest BCUT2D eigenvalue weighted by Crippen LogP contribution is 2.53. The van der Waals surface area contributed by atoms with Crippen LogP contribution in [0.2, 0.25) is 0 Å². The normalized spacial score (nSPS) is 24.8. The minimum absolute atomic E-state index is 0.0452. The van der Waals surface area contributed by atoms with Crippen molar-refractivity contribution in [3.05, 3.63) is 18.0 Å². The molecule has 2 fully saturated rings. The van der Waals surface area contributed by atoms with Crippen molar-refractivity contribution < 1.29 is 9.90 Å². The lowest BCUT2D eigenvalue weighted by Crippen LogP contribution is -2.28. The number of nitrogens with zero attached hydrogens (tertiary/aromatic N) is 2. The van der Waals surface area contributed by atoms with Gasteiger partial charge in [-0.3, -0.25) is 0 Å². The van der Waals surface area contributed by atoms with Gasteiger partial charge in [-0.15, -0.1) is 0 Å². The van der Waals surface area contributed by atoms with E-state index in [1.54, 1.807) is 0 Å². The number of hydrogen-bond acceptors (Lipinski definition) is 4. The maximum atomic E-state index is 10.8. The van der Waals surface area contributed by atoms with Crippen molar-refractivity contribution in [2.24, 2.45) is 5.41 Å². The number of carbonyl (C=O) groups is 1.